The zero-order valence-electron chi connectivity index (χ0n) is 11.3. The van der Waals surface area contributed by atoms with Crippen molar-refractivity contribution < 1.29 is 14.9 Å². The van der Waals surface area contributed by atoms with E-state index < -0.39 is 11.7 Å². The molecule has 2 N–H and O–H groups in total. The van der Waals surface area contributed by atoms with E-state index in [9.17, 15) is 10.2 Å². The van der Waals surface area contributed by atoms with Gasteiger partial charge in [0, 0.05) is 6.61 Å². The van der Waals surface area contributed by atoms with Crippen molar-refractivity contribution in [1.29, 1.82) is 0 Å². The Labute approximate surface area is 105 Å². The predicted octanol–water partition coefficient (Wildman–Crippen LogP) is 2.64. The Hall–Kier alpha value is -0.120. The Kier molecular flexibility index (Phi) is 6.45. The molecule has 0 radical (unpaired) electrons. The highest BCUT2D eigenvalue weighted by molar-refractivity contribution is 4.91. The van der Waals surface area contributed by atoms with Gasteiger partial charge in [-0.1, -0.05) is 39.5 Å². The van der Waals surface area contributed by atoms with Crippen molar-refractivity contribution in [3.8, 4) is 0 Å². The molecule has 0 aromatic rings. The van der Waals surface area contributed by atoms with Crippen LogP contribution in [0.3, 0.4) is 0 Å². The van der Waals surface area contributed by atoms with Crippen LogP contribution in [-0.2, 0) is 4.74 Å². The molecule has 0 aromatic carbocycles. The Bertz CT molecular complexity index is 202. The Morgan fingerprint density at radius 1 is 1.29 bits per heavy atom. The average molecular weight is 244 g/mol. The molecule has 1 heterocycles. The van der Waals surface area contributed by atoms with Crippen molar-refractivity contribution in [3.63, 3.8) is 0 Å². The van der Waals surface area contributed by atoms with Crippen LogP contribution in [0.1, 0.15) is 65.2 Å². The minimum absolute atomic E-state index is 0.161. The fourth-order valence-electron chi connectivity index (χ4n) is 2.59. The van der Waals surface area contributed by atoms with Crippen LogP contribution >= 0.6 is 0 Å². The highest BCUT2D eigenvalue weighted by Gasteiger charge is 2.40. The van der Waals surface area contributed by atoms with Gasteiger partial charge in [0.15, 0.2) is 0 Å². The summed E-state index contributed by atoms with van der Waals surface area (Å²) in [6.07, 6.45) is 6.79. The van der Waals surface area contributed by atoms with Crippen molar-refractivity contribution in [2.45, 2.75) is 83.0 Å². The maximum absolute atomic E-state index is 10.5. The SMILES string of the molecule is CCCCCCC(O)(CC)C(O)C1CCCO1. The number of hydrogen-bond acceptors (Lipinski definition) is 3. The molecular formula is C14H28O3. The summed E-state index contributed by atoms with van der Waals surface area (Å²) in [5.74, 6) is 0. The second kappa shape index (κ2) is 7.34. The van der Waals surface area contributed by atoms with Crippen molar-refractivity contribution >= 4 is 0 Å². The van der Waals surface area contributed by atoms with Crippen LogP contribution in [0.15, 0.2) is 0 Å². The molecule has 0 amide bonds. The van der Waals surface area contributed by atoms with Gasteiger partial charge in [-0.2, -0.15) is 0 Å². The van der Waals surface area contributed by atoms with Gasteiger partial charge in [-0.05, 0) is 25.7 Å². The largest absolute Gasteiger partial charge is 0.387 e. The summed E-state index contributed by atoms with van der Waals surface area (Å²) >= 11 is 0. The molecule has 1 saturated heterocycles. The summed E-state index contributed by atoms with van der Waals surface area (Å²) in [5.41, 5.74) is -0.956. The molecule has 1 fully saturated rings. The predicted molar refractivity (Wildman–Crippen MR) is 69.0 cm³/mol. The molecule has 0 spiro atoms. The molecule has 0 aromatic heterocycles. The lowest BCUT2D eigenvalue weighted by atomic mass is 9.84. The fourth-order valence-corrected chi connectivity index (χ4v) is 2.59. The van der Waals surface area contributed by atoms with E-state index in [0.29, 0.717) is 12.8 Å². The van der Waals surface area contributed by atoms with Crippen molar-refractivity contribution in [2.75, 3.05) is 6.61 Å². The summed E-state index contributed by atoms with van der Waals surface area (Å²) in [7, 11) is 0. The molecule has 1 rings (SSSR count). The van der Waals surface area contributed by atoms with Crippen LogP contribution in [0.2, 0.25) is 0 Å². The topological polar surface area (TPSA) is 49.7 Å². The first-order valence-corrected chi connectivity index (χ1v) is 7.16. The maximum atomic E-state index is 10.5. The second-order valence-electron chi connectivity index (χ2n) is 5.26. The summed E-state index contributed by atoms with van der Waals surface area (Å²) in [5, 5.41) is 20.8. The van der Waals surface area contributed by atoms with E-state index in [1.54, 1.807) is 0 Å². The van der Waals surface area contributed by atoms with Crippen LogP contribution in [0.25, 0.3) is 0 Å². The van der Waals surface area contributed by atoms with E-state index >= 15 is 0 Å². The first kappa shape index (κ1) is 14.9. The molecule has 3 unspecified atom stereocenters. The Morgan fingerprint density at radius 2 is 2.06 bits per heavy atom. The Balaban J connectivity index is 2.41. The van der Waals surface area contributed by atoms with Gasteiger partial charge in [-0.25, -0.2) is 0 Å². The molecule has 0 saturated carbocycles. The molecule has 102 valence electrons. The lowest BCUT2D eigenvalue weighted by Crippen LogP contribution is -2.48. The minimum atomic E-state index is -0.956. The summed E-state index contributed by atoms with van der Waals surface area (Å²) < 4.78 is 5.48. The molecule has 1 aliphatic heterocycles. The highest BCUT2D eigenvalue weighted by Crippen LogP contribution is 2.30. The third-order valence-electron chi connectivity index (χ3n) is 3.94. The molecule has 0 aliphatic carbocycles. The van der Waals surface area contributed by atoms with E-state index in [1.807, 2.05) is 6.92 Å². The lowest BCUT2D eigenvalue weighted by molar-refractivity contribution is -0.135. The van der Waals surface area contributed by atoms with Gasteiger partial charge < -0.3 is 14.9 Å². The zero-order chi connectivity index (χ0) is 12.7. The van der Waals surface area contributed by atoms with Crippen molar-refractivity contribution in [2.24, 2.45) is 0 Å². The molecule has 1 aliphatic rings. The molecule has 17 heavy (non-hydrogen) atoms. The van der Waals surface area contributed by atoms with Gasteiger partial charge in [0.25, 0.3) is 0 Å². The van der Waals surface area contributed by atoms with Gasteiger partial charge in [-0.3, -0.25) is 0 Å². The van der Waals surface area contributed by atoms with E-state index in [0.717, 1.165) is 32.3 Å². The first-order chi connectivity index (χ1) is 8.14. The average Bonchev–Trinajstić information content (AvgIpc) is 2.87. The van der Waals surface area contributed by atoms with E-state index in [-0.39, 0.29) is 6.10 Å². The van der Waals surface area contributed by atoms with E-state index in [2.05, 4.69) is 6.92 Å². The van der Waals surface area contributed by atoms with E-state index in [4.69, 9.17) is 4.74 Å². The van der Waals surface area contributed by atoms with Crippen molar-refractivity contribution in [3.05, 3.63) is 0 Å². The van der Waals surface area contributed by atoms with Crippen molar-refractivity contribution in [1.82, 2.24) is 0 Å². The summed E-state index contributed by atoms with van der Waals surface area (Å²) in [4.78, 5) is 0. The summed E-state index contributed by atoms with van der Waals surface area (Å²) in [6, 6.07) is 0. The fraction of sp³-hybridized carbons (Fsp3) is 1.00. The summed E-state index contributed by atoms with van der Waals surface area (Å²) in [6.45, 7) is 4.84. The number of aliphatic hydroxyl groups excluding tert-OH is 1. The maximum Gasteiger partial charge on any atom is 0.109 e. The number of hydrogen-bond donors (Lipinski definition) is 2. The van der Waals surface area contributed by atoms with Gasteiger partial charge in [0.05, 0.1) is 11.7 Å². The first-order valence-electron chi connectivity index (χ1n) is 7.16. The normalized spacial score (nSPS) is 25.8. The minimum Gasteiger partial charge on any atom is -0.387 e. The smallest absolute Gasteiger partial charge is 0.109 e. The number of unbranched alkanes of at least 4 members (excludes halogenated alkanes) is 3. The third-order valence-corrected chi connectivity index (χ3v) is 3.94. The van der Waals surface area contributed by atoms with Gasteiger partial charge >= 0.3 is 0 Å². The van der Waals surface area contributed by atoms with Crippen LogP contribution < -0.4 is 0 Å². The third kappa shape index (κ3) is 4.23. The Morgan fingerprint density at radius 3 is 2.59 bits per heavy atom. The van der Waals surface area contributed by atoms with Gasteiger partial charge in [-0.15, -0.1) is 0 Å². The van der Waals surface area contributed by atoms with Crippen LogP contribution in [0, 0.1) is 0 Å². The van der Waals surface area contributed by atoms with Crippen LogP contribution in [0.5, 0.6) is 0 Å². The quantitative estimate of drug-likeness (QED) is 0.645. The van der Waals surface area contributed by atoms with Gasteiger partial charge in [0.1, 0.15) is 6.10 Å². The molecule has 3 heteroatoms. The zero-order valence-corrected chi connectivity index (χ0v) is 11.3. The molecule has 3 nitrogen and oxygen atoms in total. The standard InChI is InChI=1S/C14H28O3/c1-3-5-6-7-10-14(16,4-2)13(15)12-9-8-11-17-12/h12-13,15-16H,3-11H2,1-2H3. The number of ether oxygens (including phenoxy) is 1. The molecule has 3 atom stereocenters. The van der Waals surface area contributed by atoms with Crippen LogP contribution in [-0.4, -0.2) is 34.6 Å². The number of rotatable bonds is 8. The van der Waals surface area contributed by atoms with Gasteiger partial charge in [0.2, 0.25) is 0 Å². The second-order valence-corrected chi connectivity index (χ2v) is 5.26. The molecule has 0 bridgehead atoms. The van der Waals surface area contributed by atoms with Crippen LogP contribution in [0.4, 0.5) is 0 Å². The highest BCUT2D eigenvalue weighted by atomic mass is 16.5. The number of aliphatic hydroxyl groups is 2. The lowest BCUT2D eigenvalue weighted by Gasteiger charge is -2.35. The monoisotopic (exact) mass is 244 g/mol. The van der Waals surface area contributed by atoms with E-state index in [1.165, 1.54) is 12.8 Å². The molecular weight excluding hydrogens is 216 g/mol.